The Hall–Kier alpha value is -1.95. The van der Waals surface area contributed by atoms with Crippen molar-refractivity contribution in [2.45, 2.75) is 33.4 Å². The lowest BCUT2D eigenvalue weighted by Gasteiger charge is -2.25. The molecule has 104 valence electrons. The standard InChI is InChI=1S/C13H19N3O3/c1-13(2,3)10(14)11(17)16-7-8-4-5-9(12(18)19)15-6-8/h4-6,10H,7,14H2,1-3H3,(H,16,17)(H,18,19)/t10-/m1/s1. The van der Waals surface area contributed by atoms with Crippen LogP contribution >= 0.6 is 0 Å². The number of pyridine rings is 1. The number of hydrogen-bond donors (Lipinski definition) is 3. The minimum absolute atomic E-state index is 0.0264. The van der Waals surface area contributed by atoms with E-state index in [9.17, 15) is 9.59 Å². The Kier molecular flexibility index (Phi) is 4.61. The van der Waals surface area contributed by atoms with Crippen molar-refractivity contribution >= 4 is 11.9 Å². The summed E-state index contributed by atoms with van der Waals surface area (Å²) in [5.74, 6) is -1.32. The molecule has 0 aliphatic heterocycles. The third-order valence-electron chi connectivity index (χ3n) is 2.73. The average molecular weight is 265 g/mol. The van der Waals surface area contributed by atoms with E-state index in [0.717, 1.165) is 5.56 Å². The van der Waals surface area contributed by atoms with Gasteiger partial charge in [0.25, 0.3) is 0 Å². The van der Waals surface area contributed by atoms with Crippen LogP contribution in [-0.4, -0.2) is 28.0 Å². The van der Waals surface area contributed by atoms with Crippen molar-refractivity contribution in [3.8, 4) is 0 Å². The molecule has 0 unspecified atom stereocenters. The van der Waals surface area contributed by atoms with E-state index in [1.165, 1.54) is 12.3 Å². The Morgan fingerprint density at radius 2 is 2.05 bits per heavy atom. The monoisotopic (exact) mass is 265 g/mol. The van der Waals surface area contributed by atoms with Crippen LogP contribution in [0, 0.1) is 5.41 Å². The summed E-state index contributed by atoms with van der Waals surface area (Å²) in [5, 5.41) is 11.4. The summed E-state index contributed by atoms with van der Waals surface area (Å²) in [6, 6.07) is 2.41. The van der Waals surface area contributed by atoms with Crippen molar-refractivity contribution in [1.29, 1.82) is 0 Å². The van der Waals surface area contributed by atoms with Crippen LogP contribution in [0.2, 0.25) is 0 Å². The van der Waals surface area contributed by atoms with Gasteiger partial charge in [-0.3, -0.25) is 4.79 Å². The summed E-state index contributed by atoms with van der Waals surface area (Å²) in [6.45, 7) is 5.94. The molecular formula is C13H19N3O3. The number of aromatic carboxylic acids is 1. The number of amides is 1. The molecule has 4 N–H and O–H groups in total. The van der Waals surface area contributed by atoms with Crippen molar-refractivity contribution in [2.24, 2.45) is 11.1 Å². The molecule has 0 radical (unpaired) electrons. The molecule has 0 bridgehead atoms. The van der Waals surface area contributed by atoms with Crippen LogP contribution in [0.3, 0.4) is 0 Å². The normalized spacial score (nSPS) is 12.8. The number of carbonyl (C=O) groups is 2. The summed E-state index contributed by atoms with van der Waals surface area (Å²) in [6.07, 6.45) is 1.42. The molecule has 0 aromatic carbocycles. The third-order valence-corrected chi connectivity index (χ3v) is 2.73. The van der Waals surface area contributed by atoms with Crippen molar-refractivity contribution in [3.63, 3.8) is 0 Å². The second kappa shape index (κ2) is 5.79. The topological polar surface area (TPSA) is 105 Å². The smallest absolute Gasteiger partial charge is 0.354 e. The van der Waals surface area contributed by atoms with E-state index in [4.69, 9.17) is 10.8 Å². The number of hydrogen-bond acceptors (Lipinski definition) is 4. The van der Waals surface area contributed by atoms with E-state index in [0.29, 0.717) is 0 Å². The largest absolute Gasteiger partial charge is 0.477 e. The SMILES string of the molecule is CC(C)(C)[C@H](N)C(=O)NCc1ccc(C(=O)O)nc1. The van der Waals surface area contributed by atoms with E-state index in [-0.39, 0.29) is 23.6 Å². The van der Waals surface area contributed by atoms with Crippen LogP contribution < -0.4 is 11.1 Å². The number of nitrogens with zero attached hydrogens (tertiary/aromatic N) is 1. The second-order valence-corrected chi connectivity index (χ2v) is 5.42. The quantitative estimate of drug-likeness (QED) is 0.745. The number of rotatable bonds is 4. The molecule has 0 aliphatic carbocycles. The number of aromatic nitrogens is 1. The summed E-state index contributed by atoms with van der Waals surface area (Å²) in [4.78, 5) is 26.2. The molecule has 1 amide bonds. The number of carbonyl (C=O) groups excluding carboxylic acids is 1. The summed E-state index contributed by atoms with van der Waals surface area (Å²) >= 11 is 0. The van der Waals surface area contributed by atoms with Crippen LogP contribution in [0.15, 0.2) is 18.3 Å². The number of carboxylic acid groups (broad SMARTS) is 1. The van der Waals surface area contributed by atoms with Gasteiger partial charge in [-0.2, -0.15) is 0 Å². The molecule has 6 heteroatoms. The van der Waals surface area contributed by atoms with Gasteiger partial charge in [-0.25, -0.2) is 9.78 Å². The molecule has 0 fully saturated rings. The van der Waals surface area contributed by atoms with Gasteiger partial charge in [0.1, 0.15) is 5.69 Å². The van der Waals surface area contributed by atoms with E-state index < -0.39 is 12.0 Å². The number of nitrogens with two attached hydrogens (primary N) is 1. The minimum Gasteiger partial charge on any atom is -0.477 e. The third kappa shape index (κ3) is 4.33. The molecule has 1 rings (SSSR count). The van der Waals surface area contributed by atoms with Gasteiger partial charge >= 0.3 is 5.97 Å². The van der Waals surface area contributed by atoms with Crippen molar-refractivity contribution < 1.29 is 14.7 Å². The fourth-order valence-electron chi connectivity index (χ4n) is 1.35. The lowest BCUT2D eigenvalue weighted by Crippen LogP contribution is -2.48. The van der Waals surface area contributed by atoms with Crippen molar-refractivity contribution in [3.05, 3.63) is 29.6 Å². The number of carboxylic acids is 1. The Morgan fingerprint density at radius 3 is 2.47 bits per heavy atom. The highest BCUT2D eigenvalue weighted by molar-refractivity contribution is 5.85. The molecule has 0 saturated heterocycles. The van der Waals surface area contributed by atoms with Gasteiger partial charge < -0.3 is 16.2 Å². The van der Waals surface area contributed by atoms with E-state index in [1.807, 2.05) is 20.8 Å². The highest BCUT2D eigenvalue weighted by atomic mass is 16.4. The van der Waals surface area contributed by atoms with E-state index >= 15 is 0 Å². The molecule has 0 aliphatic rings. The Labute approximate surface area is 112 Å². The van der Waals surface area contributed by atoms with E-state index in [2.05, 4.69) is 10.3 Å². The van der Waals surface area contributed by atoms with Crippen LogP contribution in [0.25, 0.3) is 0 Å². The van der Waals surface area contributed by atoms with Gasteiger partial charge in [0.15, 0.2) is 0 Å². The highest BCUT2D eigenvalue weighted by Crippen LogP contribution is 2.17. The predicted molar refractivity (Wildman–Crippen MR) is 70.5 cm³/mol. The summed E-state index contributed by atoms with van der Waals surface area (Å²) in [5.41, 5.74) is 6.20. The van der Waals surface area contributed by atoms with Gasteiger partial charge in [0.2, 0.25) is 5.91 Å². The second-order valence-electron chi connectivity index (χ2n) is 5.42. The lowest BCUT2D eigenvalue weighted by molar-refractivity contribution is -0.124. The molecule has 19 heavy (non-hydrogen) atoms. The average Bonchev–Trinajstić information content (AvgIpc) is 2.34. The number of nitrogens with one attached hydrogen (secondary N) is 1. The van der Waals surface area contributed by atoms with Crippen LogP contribution in [-0.2, 0) is 11.3 Å². The molecule has 0 saturated carbocycles. The minimum atomic E-state index is -1.08. The highest BCUT2D eigenvalue weighted by Gasteiger charge is 2.27. The fraction of sp³-hybridized carbons (Fsp3) is 0.462. The maximum atomic E-state index is 11.8. The van der Waals surface area contributed by atoms with Crippen molar-refractivity contribution in [1.82, 2.24) is 10.3 Å². The van der Waals surface area contributed by atoms with Crippen LogP contribution in [0.1, 0.15) is 36.8 Å². The summed E-state index contributed by atoms with van der Waals surface area (Å²) < 4.78 is 0. The first-order chi connectivity index (χ1) is 8.71. The zero-order valence-corrected chi connectivity index (χ0v) is 11.3. The zero-order chi connectivity index (χ0) is 14.6. The molecule has 1 aromatic heterocycles. The van der Waals surface area contributed by atoms with Gasteiger partial charge in [-0.05, 0) is 17.0 Å². The molecule has 6 nitrogen and oxygen atoms in total. The first-order valence-electron chi connectivity index (χ1n) is 5.93. The molecule has 1 atom stereocenters. The maximum absolute atomic E-state index is 11.8. The van der Waals surface area contributed by atoms with Crippen molar-refractivity contribution in [2.75, 3.05) is 0 Å². The van der Waals surface area contributed by atoms with Crippen LogP contribution in [0.4, 0.5) is 0 Å². The summed E-state index contributed by atoms with van der Waals surface area (Å²) in [7, 11) is 0. The van der Waals surface area contributed by atoms with E-state index in [1.54, 1.807) is 6.07 Å². The molecule has 0 spiro atoms. The predicted octanol–water partition coefficient (Wildman–Crippen LogP) is 0.769. The Morgan fingerprint density at radius 1 is 1.42 bits per heavy atom. The maximum Gasteiger partial charge on any atom is 0.354 e. The molecule has 1 heterocycles. The molecule has 1 aromatic rings. The Bertz CT molecular complexity index is 463. The van der Waals surface area contributed by atoms with Gasteiger partial charge in [-0.15, -0.1) is 0 Å². The first kappa shape index (κ1) is 15.1. The van der Waals surface area contributed by atoms with Gasteiger partial charge in [0.05, 0.1) is 6.04 Å². The zero-order valence-electron chi connectivity index (χ0n) is 11.3. The Balaban J connectivity index is 2.58. The first-order valence-corrected chi connectivity index (χ1v) is 5.93. The van der Waals surface area contributed by atoms with Gasteiger partial charge in [-0.1, -0.05) is 26.8 Å². The lowest BCUT2D eigenvalue weighted by atomic mass is 9.87. The van der Waals surface area contributed by atoms with Crippen LogP contribution in [0.5, 0.6) is 0 Å². The van der Waals surface area contributed by atoms with Gasteiger partial charge in [0, 0.05) is 12.7 Å². The molecular weight excluding hydrogens is 246 g/mol. The fourth-order valence-corrected chi connectivity index (χ4v) is 1.35.